The molecule has 0 bridgehead atoms. The van der Waals surface area contributed by atoms with E-state index in [9.17, 15) is 9.90 Å². The van der Waals surface area contributed by atoms with Gasteiger partial charge >= 0.3 is 5.97 Å². The Bertz CT molecular complexity index is 574. The van der Waals surface area contributed by atoms with E-state index in [4.69, 9.17) is 0 Å². The lowest BCUT2D eigenvalue weighted by Gasteiger charge is -2.18. The molecule has 0 amide bonds. The molecule has 94 valence electrons. The van der Waals surface area contributed by atoms with Crippen molar-refractivity contribution in [2.24, 2.45) is 0 Å². The second kappa shape index (κ2) is 4.25. The lowest BCUT2D eigenvalue weighted by atomic mass is 9.92. The molecule has 0 radical (unpaired) electrons. The van der Waals surface area contributed by atoms with Gasteiger partial charge in [0.05, 0.1) is 5.69 Å². The number of hydrogen-bond acceptors (Lipinski definition) is 3. The number of aryl methyl sites for hydroxylation is 1. The van der Waals surface area contributed by atoms with Crippen molar-refractivity contribution in [3.63, 3.8) is 0 Å². The van der Waals surface area contributed by atoms with E-state index in [2.05, 4.69) is 15.0 Å². The van der Waals surface area contributed by atoms with Gasteiger partial charge in [0, 0.05) is 23.7 Å². The van der Waals surface area contributed by atoms with Crippen molar-refractivity contribution in [1.82, 2.24) is 15.0 Å². The summed E-state index contributed by atoms with van der Waals surface area (Å²) in [6.45, 7) is 5.04. The predicted octanol–water partition coefficient (Wildman–Crippen LogP) is 2.14. The van der Waals surface area contributed by atoms with Crippen LogP contribution in [0.4, 0.5) is 0 Å². The zero-order valence-electron chi connectivity index (χ0n) is 10.6. The molecule has 0 aliphatic carbocycles. The zero-order chi connectivity index (χ0) is 13.3. The standard InChI is InChI=1S/C13H15N3O2/c1-8-6-10(9-4-5-14-7-9)16-11(15-8)13(2,3)12(17)18/h4-7,14H,1-3H3,(H,17,18). The summed E-state index contributed by atoms with van der Waals surface area (Å²) in [5, 5.41) is 9.22. The highest BCUT2D eigenvalue weighted by molar-refractivity contribution is 5.79. The lowest BCUT2D eigenvalue weighted by molar-refractivity contribution is -0.142. The van der Waals surface area contributed by atoms with E-state index in [0.29, 0.717) is 5.82 Å². The molecule has 0 fully saturated rings. The Morgan fingerprint density at radius 3 is 2.67 bits per heavy atom. The van der Waals surface area contributed by atoms with Gasteiger partial charge < -0.3 is 10.1 Å². The molecular formula is C13H15N3O2. The Balaban J connectivity index is 2.55. The smallest absolute Gasteiger partial charge is 0.316 e. The molecule has 0 aliphatic rings. The topological polar surface area (TPSA) is 78.9 Å². The van der Waals surface area contributed by atoms with Crippen molar-refractivity contribution in [3.8, 4) is 11.3 Å². The first-order valence-electron chi connectivity index (χ1n) is 5.64. The zero-order valence-corrected chi connectivity index (χ0v) is 10.6. The number of rotatable bonds is 3. The molecule has 18 heavy (non-hydrogen) atoms. The molecule has 0 atom stereocenters. The summed E-state index contributed by atoms with van der Waals surface area (Å²) in [4.78, 5) is 22.8. The van der Waals surface area contributed by atoms with Crippen molar-refractivity contribution in [1.29, 1.82) is 0 Å². The van der Waals surface area contributed by atoms with Crippen LogP contribution >= 0.6 is 0 Å². The molecular weight excluding hydrogens is 230 g/mol. The molecule has 0 aromatic carbocycles. The fourth-order valence-corrected chi connectivity index (χ4v) is 1.57. The number of nitrogens with one attached hydrogen (secondary N) is 1. The maximum absolute atomic E-state index is 11.2. The van der Waals surface area contributed by atoms with Crippen LogP contribution in [-0.2, 0) is 10.2 Å². The molecule has 0 saturated carbocycles. The molecule has 5 nitrogen and oxygen atoms in total. The first kappa shape index (κ1) is 12.3. The van der Waals surface area contributed by atoms with Crippen LogP contribution in [0.25, 0.3) is 11.3 Å². The average molecular weight is 245 g/mol. The molecule has 0 saturated heterocycles. The maximum Gasteiger partial charge on any atom is 0.316 e. The van der Waals surface area contributed by atoms with Crippen LogP contribution in [0.1, 0.15) is 25.4 Å². The van der Waals surface area contributed by atoms with Crippen LogP contribution in [0.15, 0.2) is 24.5 Å². The van der Waals surface area contributed by atoms with Crippen molar-refractivity contribution in [2.45, 2.75) is 26.2 Å². The monoisotopic (exact) mass is 245 g/mol. The van der Waals surface area contributed by atoms with E-state index in [0.717, 1.165) is 17.0 Å². The predicted molar refractivity (Wildman–Crippen MR) is 67.2 cm³/mol. The first-order chi connectivity index (χ1) is 8.41. The van der Waals surface area contributed by atoms with Crippen molar-refractivity contribution < 1.29 is 9.90 Å². The molecule has 2 aromatic heterocycles. The highest BCUT2D eigenvalue weighted by atomic mass is 16.4. The van der Waals surface area contributed by atoms with E-state index in [1.807, 2.05) is 25.3 Å². The van der Waals surface area contributed by atoms with Crippen molar-refractivity contribution in [2.75, 3.05) is 0 Å². The summed E-state index contributed by atoms with van der Waals surface area (Å²) >= 11 is 0. The number of aromatic nitrogens is 3. The minimum Gasteiger partial charge on any atom is -0.481 e. The highest BCUT2D eigenvalue weighted by Gasteiger charge is 2.33. The summed E-state index contributed by atoms with van der Waals surface area (Å²) in [7, 11) is 0. The summed E-state index contributed by atoms with van der Waals surface area (Å²) in [5.74, 6) is -0.612. The number of carboxylic acid groups (broad SMARTS) is 1. The quantitative estimate of drug-likeness (QED) is 0.868. The van der Waals surface area contributed by atoms with Gasteiger partial charge in [-0.2, -0.15) is 0 Å². The minimum atomic E-state index is -1.10. The molecule has 0 aliphatic heterocycles. The van der Waals surface area contributed by atoms with E-state index < -0.39 is 11.4 Å². The third kappa shape index (κ3) is 2.11. The number of nitrogens with zero attached hydrogens (tertiary/aromatic N) is 2. The maximum atomic E-state index is 11.2. The largest absolute Gasteiger partial charge is 0.481 e. The number of H-pyrrole nitrogens is 1. The lowest BCUT2D eigenvalue weighted by Crippen LogP contribution is -2.31. The normalized spacial score (nSPS) is 11.5. The Labute approximate surface area is 105 Å². The number of carboxylic acids is 1. The fraction of sp³-hybridized carbons (Fsp3) is 0.308. The van der Waals surface area contributed by atoms with Gasteiger partial charge in [-0.1, -0.05) is 0 Å². The summed E-state index contributed by atoms with van der Waals surface area (Å²) in [6, 6.07) is 3.73. The summed E-state index contributed by atoms with van der Waals surface area (Å²) < 4.78 is 0. The van der Waals surface area contributed by atoms with E-state index >= 15 is 0 Å². The molecule has 2 heterocycles. The van der Waals surface area contributed by atoms with E-state index in [1.54, 1.807) is 20.0 Å². The van der Waals surface area contributed by atoms with Gasteiger partial charge in [0.2, 0.25) is 0 Å². The van der Waals surface area contributed by atoms with E-state index in [1.165, 1.54) is 0 Å². The SMILES string of the molecule is Cc1cc(-c2cc[nH]c2)nc(C(C)(C)C(=O)O)n1. The molecule has 0 unspecified atom stereocenters. The van der Waals surface area contributed by atoms with Crippen molar-refractivity contribution >= 4 is 5.97 Å². The summed E-state index contributed by atoms with van der Waals surface area (Å²) in [6.07, 6.45) is 3.62. The summed E-state index contributed by atoms with van der Waals surface area (Å²) in [5.41, 5.74) is 1.30. The van der Waals surface area contributed by atoms with Crippen LogP contribution in [0.2, 0.25) is 0 Å². The van der Waals surface area contributed by atoms with Crippen LogP contribution in [0.5, 0.6) is 0 Å². The molecule has 5 heteroatoms. The van der Waals surface area contributed by atoms with Gasteiger partial charge in [-0.25, -0.2) is 9.97 Å². The molecule has 2 N–H and O–H groups in total. The van der Waals surface area contributed by atoms with Crippen LogP contribution < -0.4 is 0 Å². The first-order valence-corrected chi connectivity index (χ1v) is 5.64. The van der Waals surface area contributed by atoms with Gasteiger partial charge in [0.15, 0.2) is 0 Å². The Kier molecular flexibility index (Phi) is 2.90. The molecule has 2 aromatic rings. The fourth-order valence-electron chi connectivity index (χ4n) is 1.57. The van der Waals surface area contributed by atoms with E-state index in [-0.39, 0.29) is 0 Å². The minimum absolute atomic E-state index is 0.325. The average Bonchev–Trinajstić information content (AvgIpc) is 2.81. The number of hydrogen-bond donors (Lipinski definition) is 2. The third-order valence-corrected chi connectivity index (χ3v) is 2.84. The second-order valence-corrected chi connectivity index (χ2v) is 4.75. The van der Waals surface area contributed by atoms with Crippen LogP contribution in [0, 0.1) is 6.92 Å². The molecule has 0 spiro atoms. The van der Waals surface area contributed by atoms with Gasteiger partial charge in [-0.05, 0) is 32.9 Å². The van der Waals surface area contributed by atoms with Gasteiger partial charge in [-0.3, -0.25) is 4.79 Å². The van der Waals surface area contributed by atoms with Gasteiger partial charge in [-0.15, -0.1) is 0 Å². The van der Waals surface area contributed by atoms with Gasteiger partial charge in [0.25, 0.3) is 0 Å². The Hall–Kier alpha value is -2.17. The van der Waals surface area contributed by atoms with Crippen molar-refractivity contribution in [3.05, 3.63) is 36.0 Å². The molecule has 2 rings (SSSR count). The number of aliphatic carboxylic acids is 1. The number of aromatic amines is 1. The second-order valence-electron chi connectivity index (χ2n) is 4.75. The van der Waals surface area contributed by atoms with Crippen LogP contribution in [-0.4, -0.2) is 26.0 Å². The van der Waals surface area contributed by atoms with Gasteiger partial charge in [0.1, 0.15) is 11.2 Å². The third-order valence-electron chi connectivity index (χ3n) is 2.84. The number of carbonyl (C=O) groups is 1. The highest BCUT2D eigenvalue weighted by Crippen LogP contribution is 2.24. The Morgan fingerprint density at radius 1 is 1.39 bits per heavy atom. The Morgan fingerprint density at radius 2 is 2.11 bits per heavy atom. The van der Waals surface area contributed by atoms with Crippen LogP contribution in [0.3, 0.4) is 0 Å².